The molecule has 2 unspecified atom stereocenters. The van der Waals surface area contributed by atoms with Crippen LogP contribution in [0.3, 0.4) is 0 Å². The lowest BCUT2D eigenvalue weighted by Crippen LogP contribution is -2.33. The molecule has 0 radical (unpaired) electrons. The number of carboxylic acids is 1. The Labute approximate surface area is 141 Å². The van der Waals surface area contributed by atoms with E-state index in [0.717, 1.165) is 5.56 Å². The van der Waals surface area contributed by atoms with Gasteiger partial charge >= 0.3 is 5.97 Å². The number of hydrogen-bond donors (Lipinski definition) is 3. The van der Waals surface area contributed by atoms with Crippen molar-refractivity contribution in [3.05, 3.63) is 71.3 Å². The molecule has 24 heavy (non-hydrogen) atoms. The van der Waals surface area contributed by atoms with E-state index in [1.165, 1.54) is 12.1 Å². The Bertz CT molecular complexity index is 700. The van der Waals surface area contributed by atoms with E-state index in [2.05, 4.69) is 5.32 Å². The number of hydrogen-bond acceptors (Lipinski definition) is 4. The molecule has 2 aromatic rings. The van der Waals surface area contributed by atoms with Crippen LogP contribution in [0.4, 0.5) is 0 Å². The van der Waals surface area contributed by atoms with Crippen LogP contribution >= 0.6 is 0 Å². The van der Waals surface area contributed by atoms with Gasteiger partial charge in [-0.05, 0) is 24.6 Å². The minimum Gasteiger partial charge on any atom is -0.478 e. The number of carbonyl (C=O) groups is 2. The maximum Gasteiger partial charge on any atom is 0.335 e. The summed E-state index contributed by atoms with van der Waals surface area (Å²) >= 11 is 0. The van der Waals surface area contributed by atoms with Gasteiger partial charge in [-0.1, -0.05) is 42.5 Å². The topological polar surface area (TPSA) is 86.6 Å². The summed E-state index contributed by atoms with van der Waals surface area (Å²) in [5.41, 5.74) is 1.30. The van der Waals surface area contributed by atoms with Crippen LogP contribution in [-0.2, 0) is 0 Å². The van der Waals surface area contributed by atoms with Crippen molar-refractivity contribution in [3.8, 4) is 0 Å². The summed E-state index contributed by atoms with van der Waals surface area (Å²) in [5.74, 6) is -1.19. The SMILES string of the molecule is CC(NCCC(=O)c1cccc(C(=O)O)c1)C(O)c1ccccc1. The maximum absolute atomic E-state index is 12.1. The lowest BCUT2D eigenvalue weighted by molar-refractivity contribution is 0.0697. The van der Waals surface area contributed by atoms with Crippen molar-refractivity contribution in [1.82, 2.24) is 5.32 Å². The number of aromatic carboxylic acids is 1. The molecule has 0 saturated carbocycles. The molecule has 2 aromatic carbocycles. The van der Waals surface area contributed by atoms with Crippen LogP contribution in [0.15, 0.2) is 54.6 Å². The standard InChI is InChI=1S/C19H21NO4/c1-13(18(22)14-6-3-2-4-7-14)20-11-10-17(21)15-8-5-9-16(12-15)19(23)24/h2-9,12-13,18,20,22H,10-11H2,1H3,(H,23,24). The van der Waals surface area contributed by atoms with Gasteiger partial charge in [-0.15, -0.1) is 0 Å². The van der Waals surface area contributed by atoms with Crippen molar-refractivity contribution in [2.45, 2.75) is 25.5 Å². The molecule has 0 bridgehead atoms. The molecular weight excluding hydrogens is 306 g/mol. The van der Waals surface area contributed by atoms with Gasteiger partial charge < -0.3 is 15.5 Å². The largest absolute Gasteiger partial charge is 0.478 e. The molecule has 0 heterocycles. The number of aliphatic hydroxyl groups excluding tert-OH is 1. The molecule has 0 spiro atoms. The second-order valence-corrected chi connectivity index (χ2v) is 5.66. The van der Waals surface area contributed by atoms with Gasteiger partial charge in [-0.25, -0.2) is 4.79 Å². The van der Waals surface area contributed by atoms with Gasteiger partial charge in [0, 0.05) is 24.6 Å². The third kappa shape index (κ3) is 4.75. The molecule has 3 N–H and O–H groups in total. The normalized spacial score (nSPS) is 13.2. The molecular formula is C19H21NO4. The first-order valence-corrected chi connectivity index (χ1v) is 7.82. The number of rotatable bonds is 8. The van der Waals surface area contributed by atoms with Crippen LogP contribution in [0.5, 0.6) is 0 Å². The van der Waals surface area contributed by atoms with Crippen molar-refractivity contribution >= 4 is 11.8 Å². The van der Waals surface area contributed by atoms with Crippen molar-refractivity contribution in [1.29, 1.82) is 0 Å². The zero-order valence-corrected chi connectivity index (χ0v) is 13.5. The molecule has 2 atom stereocenters. The summed E-state index contributed by atoms with van der Waals surface area (Å²) in [5, 5.41) is 22.3. The van der Waals surface area contributed by atoms with Crippen LogP contribution in [0.25, 0.3) is 0 Å². The third-order valence-corrected chi connectivity index (χ3v) is 3.86. The summed E-state index contributed by atoms with van der Waals surface area (Å²) in [7, 11) is 0. The van der Waals surface area contributed by atoms with Gasteiger partial charge in [-0.3, -0.25) is 4.79 Å². The minimum atomic E-state index is -1.05. The number of ketones is 1. The Balaban J connectivity index is 1.86. The van der Waals surface area contributed by atoms with E-state index in [1.54, 1.807) is 12.1 Å². The molecule has 0 saturated heterocycles. The van der Waals surface area contributed by atoms with Gasteiger partial charge in [0.05, 0.1) is 11.7 Å². The van der Waals surface area contributed by atoms with Gasteiger partial charge in [-0.2, -0.15) is 0 Å². The molecule has 0 aliphatic rings. The second kappa shape index (κ2) is 8.38. The van der Waals surface area contributed by atoms with Crippen LogP contribution in [0.2, 0.25) is 0 Å². The van der Waals surface area contributed by atoms with Gasteiger partial charge in [0.2, 0.25) is 0 Å². The maximum atomic E-state index is 12.1. The van der Waals surface area contributed by atoms with Crippen molar-refractivity contribution < 1.29 is 19.8 Å². The summed E-state index contributed by atoms with van der Waals surface area (Å²) in [4.78, 5) is 23.1. The summed E-state index contributed by atoms with van der Waals surface area (Å²) in [6.45, 7) is 2.26. The van der Waals surface area contributed by atoms with Crippen LogP contribution in [-0.4, -0.2) is 34.6 Å². The van der Waals surface area contributed by atoms with Crippen LogP contribution in [0, 0.1) is 0 Å². The van der Waals surface area contributed by atoms with E-state index in [4.69, 9.17) is 5.11 Å². The fourth-order valence-electron chi connectivity index (χ4n) is 2.43. The molecule has 0 aliphatic carbocycles. The second-order valence-electron chi connectivity index (χ2n) is 5.66. The number of aliphatic hydroxyl groups is 1. The fraction of sp³-hybridized carbons (Fsp3) is 0.263. The van der Waals surface area contributed by atoms with Gasteiger partial charge in [0.25, 0.3) is 0 Å². The van der Waals surface area contributed by atoms with Gasteiger partial charge in [0.1, 0.15) is 0 Å². The van der Waals surface area contributed by atoms with E-state index in [9.17, 15) is 14.7 Å². The lowest BCUT2D eigenvalue weighted by Gasteiger charge is -2.20. The highest BCUT2D eigenvalue weighted by atomic mass is 16.4. The number of carbonyl (C=O) groups excluding carboxylic acids is 1. The summed E-state index contributed by atoms with van der Waals surface area (Å²) < 4.78 is 0. The Morgan fingerprint density at radius 3 is 2.38 bits per heavy atom. The van der Waals surface area contributed by atoms with E-state index < -0.39 is 12.1 Å². The lowest BCUT2D eigenvalue weighted by atomic mass is 10.0. The molecule has 0 fully saturated rings. The van der Waals surface area contributed by atoms with Crippen LogP contribution < -0.4 is 5.32 Å². The molecule has 5 nitrogen and oxygen atoms in total. The summed E-state index contributed by atoms with van der Waals surface area (Å²) in [6.07, 6.45) is -0.425. The monoisotopic (exact) mass is 327 g/mol. The third-order valence-electron chi connectivity index (χ3n) is 3.86. The van der Waals surface area contributed by atoms with Gasteiger partial charge in [0.15, 0.2) is 5.78 Å². The smallest absolute Gasteiger partial charge is 0.335 e. The first-order chi connectivity index (χ1) is 11.5. The number of carboxylic acid groups (broad SMARTS) is 1. The highest BCUT2D eigenvalue weighted by molar-refractivity contribution is 5.98. The highest BCUT2D eigenvalue weighted by Gasteiger charge is 2.16. The Hall–Kier alpha value is -2.50. The molecule has 126 valence electrons. The number of benzene rings is 2. The number of Topliss-reactive ketones (excluding diaryl/α,β-unsaturated/α-hetero) is 1. The molecule has 2 rings (SSSR count). The fourth-order valence-corrected chi connectivity index (χ4v) is 2.43. The Morgan fingerprint density at radius 1 is 1.04 bits per heavy atom. The van der Waals surface area contributed by atoms with E-state index in [0.29, 0.717) is 12.1 Å². The molecule has 5 heteroatoms. The van der Waals surface area contributed by atoms with Crippen molar-refractivity contribution in [2.75, 3.05) is 6.54 Å². The number of nitrogens with one attached hydrogen (secondary N) is 1. The quantitative estimate of drug-likeness (QED) is 0.649. The summed E-state index contributed by atoms with van der Waals surface area (Å²) in [6, 6.07) is 15.1. The zero-order valence-electron chi connectivity index (χ0n) is 13.5. The average molecular weight is 327 g/mol. The Kier molecular flexibility index (Phi) is 6.23. The molecule has 0 aliphatic heterocycles. The first-order valence-electron chi connectivity index (χ1n) is 7.82. The average Bonchev–Trinajstić information content (AvgIpc) is 2.61. The Morgan fingerprint density at radius 2 is 1.71 bits per heavy atom. The predicted octanol–water partition coefficient (Wildman–Crippen LogP) is 2.67. The molecule has 0 aromatic heterocycles. The van der Waals surface area contributed by atoms with Crippen LogP contribution in [0.1, 0.15) is 45.7 Å². The van der Waals surface area contributed by atoms with E-state index in [1.807, 2.05) is 37.3 Å². The predicted molar refractivity (Wildman–Crippen MR) is 91.2 cm³/mol. The van der Waals surface area contributed by atoms with Crippen molar-refractivity contribution in [2.24, 2.45) is 0 Å². The molecule has 0 amide bonds. The first kappa shape index (κ1) is 17.8. The van der Waals surface area contributed by atoms with E-state index in [-0.39, 0.29) is 23.8 Å². The van der Waals surface area contributed by atoms with Crippen molar-refractivity contribution in [3.63, 3.8) is 0 Å². The van der Waals surface area contributed by atoms with E-state index >= 15 is 0 Å². The highest BCUT2D eigenvalue weighted by Crippen LogP contribution is 2.16. The zero-order chi connectivity index (χ0) is 17.5. The minimum absolute atomic E-state index is 0.0988.